The number of esters is 1. The van der Waals surface area contributed by atoms with Crippen molar-refractivity contribution >= 4 is 28.3 Å². The first kappa shape index (κ1) is 15.7. The summed E-state index contributed by atoms with van der Waals surface area (Å²) < 4.78 is 9.03. The molecule has 0 fully saturated rings. The van der Waals surface area contributed by atoms with E-state index in [0.29, 0.717) is 23.7 Å². The molecule has 19 heavy (non-hydrogen) atoms. The van der Waals surface area contributed by atoms with Crippen LogP contribution in [0, 0.1) is 0 Å². The second-order valence-corrected chi connectivity index (χ2v) is 4.78. The molecular formula is C12H21N3O3S. The molecule has 0 aromatic carbocycles. The highest BCUT2D eigenvalue weighted by Crippen LogP contribution is 2.31. The van der Waals surface area contributed by atoms with Crippen LogP contribution in [0.2, 0.25) is 0 Å². The fraction of sp³-hybridized carbons (Fsp3) is 0.667. The Bertz CT molecular complexity index is 409. The number of ether oxygens (including phenoxy) is 1. The Morgan fingerprint density at radius 1 is 1.47 bits per heavy atom. The lowest BCUT2D eigenvalue weighted by atomic mass is 10.2. The van der Waals surface area contributed by atoms with Gasteiger partial charge >= 0.3 is 5.97 Å². The highest BCUT2D eigenvalue weighted by molar-refractivity contribution is 7.11. The number of hydrogen-bond donors (Lipinski definition) is 2. The topological polar surface area (TPSA) is 88.7 Å². The number of nitrogen functional groups attached to an aromatic ring is 1. The molecule has 0 unspecified atom stereocenters. The van der Waals surface area contributed by atoms with E-state index in [-0.39, 0.29) is 12.4 Å². The minimum Gasteiger partial charge on any atom is -0.462 e. The molecule has 0 aliphatic heterocycles. The van der Waals surface area contributed by atoms with Gasteiger partial charge in [-0.2, -0.15) is 4.37 Å². The lowest BCUT2D eigenvalue weighted by Gasteiger charge is -2.22. The molecule has 1 aromatic heterocycles. The number of aliphatic hydroxyl groups is 1. The molecule has 6 nitrogen and oxygen atoms in total. The molecule has 0 aliphatic rings. The van der Waals surface area contributed by atoms with E-state index >= 15 is 0 Å². The number of nitrogens with zero attached hydrogens (tertiary/aromatic N) is 2. The maximum atomic E-state index is 11.9. The van der Waals surface area contributed by atoms with Crippen molar-refractivity contribution in [2.45, 2.75) is 26.7 Å². The van der Waals surface area contributed by atoms with Crippen LogP contribution in [0.25, 0.3) is 0 Å². The lowest BCUT2D eigenvalue weighted by molar-refractivity contribution is 0.0528. The molecule has 0 atom stereocenters. The van der Waals surface area contributed by atoms with E-state index in [9.17, 15) is 4.79 Å². The number of rotatable bonds is 8. The number of anilines is 2. The Morgan fingerprint density at radius 3 is 2.79 bits per heavy atom. The van der Waals surface area contributed by atoms with Crippen LogP contribution in [-0.4, -0.2) is 41.8 Å². The molecule has 1 aromatic rings. The summed E-state index contributed by atoms with van der Waals surface area (Å²) in [6.45, 7) is 5.35. The van der Waals surface area contributed by atoms with Gasteiger partial charge < -0.3 is 20.5 Å². The van der Waals surface area contributed by atoms with Crippen molar-refractivity contribution in [2.75, 3.05) is 36.9 Å². The summed E-state index contributed by atoms with van der Waals surface area (Å²) in [4.78, 5) is 13.8. The van der Waals surface area contributed by atoms with Crippen molar-refractivity contribution in [2.24, 2.45) is 0 Å². The number of aromatic nitrogens is 1. The van der Waals surface area contributed by atoms with Crippen molar-refractivity contribution in [1.82, 2.24) is 4.37 Å². The number of hydrogen-bond acceptors (Lipinski definition) is 7. The average Bonchev–Trinajstić information content (AvgIpc) is 2.76. The third-order valence-corrected chi connectivity index (χ3v) is 3.54. The normalized spacial score (nSPS) is 10.5. The number of carbonyl (C=O) groups excluding carboxylic acids is 1. The molecule has 0 bridgehead atoms. The summed E-state index contributed by atoms with van der Waals surface area (Å²) in [5, 5.41) is 9.81. The third-order valence-electron chi connectivity index (χ3n) is 2.62. The molecule has 0 saturated carbocycles. The van der Waals surface area contributed by atoms with Crippen molar-refractivity contribution in [3.63, 3.8) is 0 Å². The smallest absolute Gasteiger partial charge is 0.345 e. The maximum Gasteiger partial charge on any atom is 0.345 e. The molecule has 0 amide bonds. The van der Waals surface area contributed by atoms with Crippen molar-refractivity contribution in [3.05, 3.63) is 5.56 Å². The molecule has 7 heteroatoms. The highest BCUT2D eigenvalue weighted by Gasteiger charge is 2.24. The summed E-state index contributed by atoms with van der Waals surface area (Å²) in [6, 6.07) is 0. The van der Waals surface area contributed by atoms with Gasteiger partial charge in [-0.3, -0.25) is 0 Å². The predicted molar refractivity (Wildman–Crippen MR) is 76.7 cm³/mol. The van der Waals surface area contributed by atoms with Crippen LogP contribution in [-0.2, 0) is 4.74 Å². The van der Waals surface area contributed by atoms with E-state index in [1.54, 1.807) is 6.92 Å². The molecule has 0 saturated heterocycles. The zero-order valence-corrected chi connectivity index (χ0v) is 12.2. The van der Waals surface area contributed by atoms with Crippen LogP contribution >= 0.6 is 11.5 Å². The summed E-state index contributed by atoms with van der Waals surface area (Å²) in [5.74, 6) is -0.263. The standard InChI is InChI=1S/C12H21N3O3S/c1-3-5-6-15(7-8-16)11-9(10(13)14-19-11)12(17)18-4-2/h16H,3-8H2,1-2H3,(H2,13,14). The fourth-order valence-electron chi connectivity index (χ4n) is 1.69. The van der Waals surface area contributed by atoms with Gasteiger partial charge in [-0.25, -0.2) is 4.79 Å². The van der Waals surface area contributed by atoms with Gasteiger partial charge in [0.2, 0.25) is 0 Å². The zero-order valence-electron chi connectivity index (χ0n) is 11.4. The summed E-state index contributed by atoms with van der Waals surface area (Å²) in [7, 11) is 0. The van der Waals surface area contributed by atoms with E-state index < -0.39 is 5.97 Å². The summed E-state index contributed by atoms with van der Waals surface area (Å²) in [5.41, 5.74) is 6.06. The third kappa shape index (κ3) is 4.07. The Labute approximate surface area is 117 Å². The second-order valence-electron chi connectivity index (χ2n) is 4.03. The van der Waals surface area contributed by atoms with E-state index in [1.165, 1.54) is 11.5 Å². The number of carbonyl (C=O) groups is 1. The van der Waals surface area contributed by atoms with Crippen LogP contribution < -0.4 is 10.6 Å². The van der Waals surface area contributed by atoms with Crippen LogP contribution in [0.4, 0.5) is 10.8 Å². The van der Waals surface area contributed by atoms with E-state index in [2.05, 4.69) is 11.3 Å². The van der Waals surface area contributed by atoms with Gasteiger partial charge in [0.05, 0.1) is 13.2 Å². The number of unbranched alkanes of at least 4 members (excludes halogenated alkanes) is 1. The largest absolute Gasteiger partial charge is 0.462 e. The monoisotopic (exact) mass is 287 g/mol. The molecule has 1 rings (SSSR count). The minimum atomic E-state index is -0.455. The molecule has 108 valence electrons. The molecule has 0 spiro atoms. The van der Waals surface area contributed by atoms with Crippen molar-refractivity contribution in [1.29, 1.82) is 0 Å². The predicted octanol–water partition coefficient (Wildman–Crippen LogP) is 1.50. The van der Waals surface area contributed by atoms with Gasteiger partial charge in [-0.05, 0) is 24.9 Å². The lowest BCUT2D eigenvalue weighted by Crippen LogP contribution is -2.28. The van der Waals surface area contributed by atoms with Gasteiger partial charge in [0.15, 0.2) is 5.82 Å². The second kappa shape index (κ2) is 7.96. The SMILES string of the molecule is CCCCN(CCO)c1snc(N)c1C(=O)OCC. The summed E-state index contributed by atoms with van der Waals surface area (Å²) >= 11 is 1.17. The van der Waals surface area contributed by atoms with Gasteiger partial charge in [0, 0.05) is 13.1 Å². The maximum absolute atomic E-state index is 11.9. The van der Waals surface area contributed by atoms with Crippen molar-refractivity contribution in [3.8, 4) is 0 Å². The van der Waals surface area contributed by atoms with E-state index in [0.717, 1.165) is 19.4 Å². The Morgan fingerprint density at radius 2 is 2.21 bits per heavy atom. The average molecular weight is 287 g/mol. The van der Waals surface area contributed by atoms with Gasteiger partial charge in [-0.15, -0.1) is 0 Å². The zero-order chi connectivity index (χ0) is 14.3. The number of nitrogens with two attached hydrogens (primary N) is 1. The van der Waals surface area contributed by atoms with Crippen molar-refractivity contribution < 1.29 is 14.6 Å². The minimum absolute atomic E-state index is 0.0176. The van der Waals surface area contributed by atoms with E-state index in [4.69, 9.17) is 15.6 Å². The number of aliphatic hydroxyl groups excluding tert-OH is 1. The van der Waals surface area contributed by atoms with Gasteiger partial charge in [0.25, 0.3) is 0 Å². The van der Waals surface area contributed by atoms with E-state index in [1.807, 2.05) is 4.90 Å². The Hall–Kier alpha value is -1.34. The first-order valence-electron chi connectivity index (χ1n) is 6.43. The van der Waals surface area contributed by atoms with Crippen LogP contribution in [0.3, 0.4) is 0 Å². The quantitative estimate of drug-likeness (QED) is 0.704. The Balaban J connectivity index is 2.98. The highest BCUT2D eigenvalue weighted by atomic mass is 32.1. The van der Waals surface area contributed by atoms with Crippen LogP contribution in [0.5, 0.6) is 0 Å². The molecule has 1 heterocycles. The molecule has 3 N–H and O–H groups in total. The fourth-order valence-corrected chi connectivity index (χ4v) is 2.54. The Kier molecular flexibility index (Phi) is 6.58. The van der Waals surface area contributed by atoms with Crippen LogP contribution in [0.1, 0.15) is 37.0 Å². The first-order valence-corrected chi connectivity index (χ1v) is 7.21. The van der Waals surface area contributed by atoms with Crippen LogP contribution in [0.15, 0.2) is 0 Å². The molecule has 0 aliphatic carbocycles. The van der Waals surface area contributed by atoms with Gasteiger partial charge in [0.1, 0.15) is 10.6 Å². The first-order chi connectivity index (χ1) is 9.15. The summed E-state index contributed by atoms with van der Waals surface area (Å²) in [6.07, 6.45) is 2.00. The molecular weight excluding hydrogens is 266 g/mol. The van der Waals surface area contributed by atoms with Gasteiger partial charge in [-0.1, -0.05) is 13.3 Å². The molecule has 0 radical (unpaired) electrons.